The molecule has 0 aromatic carbocycles. The first-order valence-electron chi connectivity index (χ1n) is 9.48. The summed E-state index contributed by atoms with van der Waals surface area (Å²) in [6.45, 7) is 7.11. The molecule has 146 valence electrons. The van der Waals surface area contributed by atoms with Crippen LogP contribution >= 0.6 is 0 Å². The number of carbonyl (C=O) groups excluding carboxylic acids is 1. The molecule has 2 heterocycles. The molecule has 7 nitrogen and oxygen atoms in total. The summed E-state index contributed by atoms with van der Waals surface area (Å²) in [6.07, 6.45) is 4.98. The SMILES string of the molecule is CC1CCN(CCCNC(=O)C2CCCN(S(=O)(=O)N(C)C)C2)CC1. The van der Waals surface area contributed by atoms with Gasteiger partial charge >= 0.3 is 0 Å². The molecule has 0 spiro atoms. The molecule has 0 aromatic heterocycles. The summed E-state index contributed by atoms with van der Waals surface area (Å²) in [7, 11) is -0.374. The highest BCUT2D eigenvalue weighted by Gasteiger charge is 2.33. The van der Waals surface area contributed by atoms with Crippen LogP contribution < -0.4 is 5.32 Å². The van der Waals surface area contributed by atoms with E-state index in [1.807, 2.05) is 0 Å². The third-order valence-electron chi connectivity index (χ3n) is 5.37. The molecule has 1 amide bonds. The molecule has 0 aromatic rings. The zero-order valence-electron chi connectivity index (χ0n) is 15.9. The van der Waals surface area contributed by atoms with Crippen LogP contribution in [0.15, 0.2) is 0 Å². The van der Waals surface area contributed by atoms with Gasteiger partial charge in [-0.1, -0.05) is 6.92 Å². The quantitative estimate of drug-likeness (QED) is 0.667. The maximum Gasteiger partial charge on any atom is 0.281 e. The number of hydrogen-bond donors (Lipinski definition) is 1. The van der Waals surface area contributed by atoms with Crippen LogP contribution in [0.1, 0.15) is 39.0 Å². The summed E-state index contributed by atoms with van der Waals surface area (Å²) in [5.41, 5.74) is 0. The molecule has 1 N–H and O–H groups in total. The minimum Gasteiger partial charge on any atom is -0.356 e. The van der Waals surface area contributed by atoms with Gasteiger partial charge in [-0.05, 0) is 57.7 Å². The highest BCUT2D eigenvalue weighted by atomic mass is 32.2. The molecule has 1 atom stereocenters. The van der Waals surface area contributed by atoms with E-state index in [-0.39, 0.29) is 18.4 Å². The van der Waals surface area contributed by atoms with Gasteiger partial charge < -0.3 is 10.2 Å². The van der Waals surface area contributed by atoms with Gasteiger partial charge in [-0.25, -0.2) is 0 Å². The summed E-state index contributed by atoms with van der Waals surface area (Å²) in [5.74, 6) is 0.592. The zero-order chi connectivity index (χ0) is 18.4. The Morgan fingerprint density at radius 2 is 1.84 bits per heavy atom. The predicted molar refractivity (Wildman–Crippen MR) is 99.4 cm³/mol. The molecule has 2 aliphatic rings. The highest BCUT2D eigenvalue weighted by Crippen LogP contribution is 2.20. The van der Waals surface area contributed by atoms with Gasteiger partial charge in [0, 0.05) is 33.7 Å². The van der Waals surface area contributed by atoms with Crippen molar-refractivity contribution in [3.63, 3.8) is 0 Å². The van der Waals surface area contributed by atoms with E-state index in [0.717, 1.165) is 44.8 Å². The van der Waals surface area contributed by atoms with Gasteiger partial charge in [0.05, 0.1) is 5.92 Å². The van der Waals surface area contributed by atoms with Crippen molar-refractivity contribution in [2.24, 2.45) is 11.8 Å². The Labute approximate surface area is 152 Å². The molecule has 2 rings (SSSR count). The van der Waals surface area contributed by atoms with Crippen LogP contribution in [0.2, 0.25) is 0 Å². The van der Waals surface area contributed by atoms with E-state index in [9.17, 15) is 13.2 Å². The van der Waals surface area contributed by atoms with Gasteiger partial charge in [0.1, 0.15) is 0 Å². The topological polar surface area (TPSA) is 73.0 Å². The number of amides is 1. The minimum atomic E-state index is -3.43. The molecule has 0 bridgehead atoms. The lowest BCUT2D eigenvalue weighted by atomic mass is 9.98. The fraction of sp³-hybridized carbons (Fsp3) is 0.941. The molecule has 0 radical (unpaired) electrons. The van der Waals surface area contributed by atoms with E-state index in [2.05, 4.69) is 17.1 Å². The smallest absolute Gasteiger partial charge is 0.281 e. The highest BCUT2D eigenvalue weighted by molar-refractivity contribution is 7.86. The lowest BCUT2D eigenvalue weighted by molar-refractivity contribution is -0.126. The monoisotopic (exact) mass is 374 g/mol. The minimum absolute atomic E-state index is 0.00841. The van der Waals surface area contributed by atoms with E-state index < -0.39 is 10.2 Å². The number of rotatable bonds is 7. The summed E-state index contributed by atoms with van der Waals surface area (Å²) < 4.78 is 27.1. The Balaban J connectivity index is 1.70. The first kappa shape index (κ1) is 20.6. The summed E-state index contributed by atoms with van der Waals surface area (Å²) >= 11 is 0. The van der Waals surface area contributed by atoms with E-state index in [0.29, 0.717) is 13.1 Å². The van der Waals surface area contributed by atoms with Crippen LogP contribution in [-0.4, -0.2) is 81.2 Å². The zero-order valence-corrected chi connectivity index (χ0v) is 16.7. The third-order valence-corrected chi connectivity index (χ3v) is 7.28. The average Bonchev–Trinajstić information content (AvgIpc) is 2.60. The molecule has 8 heteroatoms. The summed E-state index contributed by atoms with van der Waals surface area (Å²) in [4.78, 5) is 14.8. The molecule has 1 unspecified atom stereocenters. The van der Waals surface area contributed by atoms with Crippen molar-refractivity contribution >= 4 is 16.1 Å². The second-order valence-corrected chi connectivity index (χ2v) is 9.80. The standard InChI is InChI=1S/C17H34N4O3S/c1-15-7-12-20(13-8-15)10-5-9-18-17(22)16-6-4-11-21(14-16)25(23,24)19(2)3/h15-16H,4-14H2,1-3H3,(H,18,22). The summed E-state index contributed by atoms with van der Waals surface area (Å²) in [5, 5.41) is 3.00. The third kappa shape index (κ3) is 5.91. The molecular formula is C17H34N4O3S. The molecule has 0 saturated carbocycles. The number of likely N-dealkylation sites (tertiary alicyclic amines) is 1. The molecule has 25 heavy (non-hydrogen) atoms. The van der Waals surface area contributed by atoms with E-state index in [1.165, 1.54) is 35.5 Å². The predicted octanol–water partition coefficient (Wildman–Crippen LogP) is 0.743. The Kier molecular flexibility index (Phi) is 7.67. The largest absolute Gasteiger partial charge is 0.356 e. The van der Waals surface area contributed by atoms with Crippen molar-refractivity contribution in [2.45, 2.75) is 39.0 Å². The lowest BCUT2D eigenvalue weighted by Crippen LogP contribution is -2.49. The lowest BCUT2D eigenvalue weighted by Gasteiger charge is -2.33. The van der Waals surface area contributed by atoms with Crippen LogP contribution in [0.4, 0.5) is 0 Å². The Morgan fingerprint density at radius 3 is 2.48 bits per heavy atom. The fourth-order valence-electron chi connectivity index (χ4n) is 3.54. The normalized spacial score (nSPS) is 24.6. The molecule has 0 aliphatic carbocycles. The number of hydrogen-bond acceptors (Lipinski definition) is 4. The van der Waals surface area contributed by atoms with Crippen molar-refractivity contribution in [3.8, 4) is 0 Å². The second kappa shape index (κ2) is 9.30. The maximum absolute atomic E-state index is 12.4. The van der Waals surface area contributed by atoms with Gasteiger partial charge in [0.25, 0.3) is 10.2 Å². The van der Waals surface area contributed by atoms with Gasteiger partial charge in [-0.2, -0.15) is 17.0 Å². The number of piperidine rings is 2. The van der Waals surface area contributed by atoms with Gasteiger partial charge in [-0.3, -0.25) is 4.79 Å². The van der Waals surface area contributed by atoms with Crippen LogP contribution in [0.25, 0.3) is 0 Å². The molecule has 2 saturated heterocycles. The average molecular weight is 375 g/mol. The molecule has 2 fully saturated rings. The molecule has 2 aliphatic heterocycles. The summed E-state index contributed by atoms with van der Waals surface area (Å²) in [6, 6.07) is 0. The number of nitrogens with zero attached hydrogens (tertiary/aromatic N) is 3. The Bertz CT molecular complexity index is 530. The van der Waals surface area contributed by atoms with Crippen LogP contribution in [0.5, 0.6) is 0 Å². The van der Waals surface area contributed by atoms with Crippen LogP contribution in [-0.2, 0) is 15.0 Å². The van der Waals surface area contributed by atoms with Gasteiger partial charge in [0.2, 0.25) is 5.91 Å². The Morgan fingerprint density at radius 1 is 1.16 bits per heavy atom. The van der Waals surface area contributed by atoms with Gasteiger partial charge in [-0.15, -0.1) is 0 Å². The first-order valence-corrected chi connectivity index (χ1v) is 10.9. The van der Waals surface area contributed by atoms with Crippen molar-refractivity contribution in [2.75, 3.05) is 53.4 Å². The van der Waals surface area contributed by atoms with Crippen molar-refractivity contribution in [1.29, 1.82) is 0 Å². The van der Waals surface area contributed by atoms with Crippen molar-refractivity contribution < 1.29 is 13.2 Å². The van der Waals surface area contributed by atoms with E-state index in [4.69, 9.17) is 0 Å². The van der Waals surface area contributed by atoms with Crippen LogP contribution in [0.3, 0.4) is 0 Å². The second-order valence-electron chi connectivity index (χ2n) is 7.66. The number of carbonyl (C=O) groups is 1. The number of nitrogens with one attached hydrogen (secondary N) is 1. The fourth-order valence-corrected chi connectivity index (χ4v) is 4.73. The van der Waals surface area contributed by atoms with Crippen molar-refractivity contribution in [1.82, 2.24) is 18.8 Å². The first-order chi connectivity index (χ1) is 11.8. The van der Waals surface area contributed by atoms with E-state index >= 15 is 0 Å². The van der Waals surface area contributed by atoms with Crippen LogP contribution in [0, 0.1) is 11.8 Å². The van der Waals surface area contributed by atoms with Crippen molar-refractivity contribution in [3.05, 3.63) is 0 Å². The maximum atomic E-state index is 12.4. The Hall–Kier alpha value is -0.700. The van der Waals surface area contributed by atoms with Gasteiger partial charge in [0.15, 0.2) is 0 Å². The van der Waals surface area contributed by atoms with E-state index in [1.54, 1.807) is 0 Å². The molecular weight excluding hydrogens is 340 g/mol.